The predicted molar refractivity (Wildman–Crippen MR) is 110 cm³/mol. The van der Waals surface area contributed by atoms with E-state index in [1.807, 2.05) is 4.90 Å². The van der Waals surface area contributed by atoms with Crippen LogP contribution in [0.1, 0.15) is 29.7 Å². The molecule has 0 radical (unpaired) electrons. The highest BCUT2D eigenvalue weighted by Gasteiger charge is 2.35. The predicted octanol–water partition coefficient (Wildman–Crippen LogP) is 2.55. The van der Waals surface area contributed by atoms with E-state index in [-0.39, 0.29) is 17.6 Å². The summed E-state index contributed by atoms with van der Waals surface area (Å²) in [5.41, 5.74) is 8.18. The second-order valence-electron chi connectivity index (χ2n) is 7.41. The van der Waals surface area contributed by atoms with Crippen molar-refractivity contribution in [2.75, 3.05) is 30.3 Å². The molecule has 9 heteroatoms. The molecule has 4 rings (SSSR count). The number of rotatable bonds is 7. The molecule has 7 nitrogen and oxygen atoms in total. The largest absolute Gasteiger partial charge is 0.365 e. The van der Waals surface area contributed by atoms with E-state index in [0.717, 1.165) is 29.7 Å². The minimum absolute atomic E-state index is 0.178. The van der Waals surface area contributed by atoms with Crippen LogP contribution in [0.25, 0.3) is 0 Å². The number of aromatic nitrogens is 2. The van der Waals surface area contributed by atoms with Gasteiger partial charge in [0.25, 0.3) is 0 Å². The van der Waals surface area contributed by atoms with E-state index in [9.17, 15) is 9.18 Å². The lowest BCUT2D eigenvalue weighted by atomic mass is 10.1. The zero-order valence-electron chi connectivity index (χ0n) is 16.0. The van der Waals surface area contributed by atoms with Gasteiger partial charge in [-0.05, 0) is 30.5 Å². The van der Waals surface area contributed by atoms with E-state index < -0.39 is 0 Å². The summed E-state index contributed by atoms with van der Waals surface area (Å²) in [4.78, 5) is 23.6. The summed E-state index contributed by atoms with van der Waals surface area (Å²) in [6, 6.07) is 4.32. The van der Waals surface area contributed by atoms with Crippen molar-refractivity contribution in [1.82, 2.24) is 14.9 Å². The van der Waals surface area contributed by atoms with Gasteiger partial charge in [-0.2, -0.15) is 4.98 Å². The summed E-state index contributed by atoms with van der Waals surface area (Å²) in [5.74, 6) is 1.18. The molecule has 1 aromatic carbocycles. The number of nitrogens with one attached hydrogen (secondary N) is 2. The van der Waals surface area contributed by atoms with Crippen LogP contribution in [0.4, 0.5) is 16.2 Å². The van der Waals surface area contributed by atoms with Crippen LogP contribution in [0.15, 0.2) is 18.2 Å². The first-order valence-electron chi connectivity index (χ1n) is 9.85. The Bertz CT molecular complexity index is 920. The van der Waals surface area contributed by atoms with Crippen LogP contribution in [0, 0.1) is 11.7 Å². The third-order valence-corrected chi connectivity index (χ3v) is 5.54. The van der Waals surface area contributed by atoms with Crippen LogP contribution < -0.4 is 16.4 Å². The molecule has 4 N–H and O–H groups in total. The Morgan fingerprint density at radius 2 is 2.14 bits per heavy atom. The second-order valence-corrected chi connectivity index (χ2v) is 7.82. The number of benzene rings is 1. The van der Waals surface area contributed by atoms with Crippen molar-refractivity contribution in [3.63, 3.8) is 0 Å². The van der Waals surface area contributed by atoms with Crippen LogP contribution in [0.3, 0.4) is 0 Å². The zero-order valence-corrected chi connectivity index (χ0v) is 16.8. The second kappa shape index (κ2) is 8.51. The Morgan fingerprint density at radius 1 is 1.31 bits per heavy atom. The van der Waals surface area contributed by atoms with E-state index in [1.165, 1.54) is 12.1 Å². The molecule has 1 aliphatic heterocycles. The lowest BCUT2D eigenvalue weighted by Crippen LogP contribution is -2.38. The number of halogens is 2. The molecule has 2 heterocycles. The molecule has 154 valence electrons. The molecule has 0 unspecified atom stereocenters. The number of amides is 1. The smallest absolute Gasteiger partial charge is 0.225 e. The standard InChI is InChI=1S/C20H24ClFN6O/c21-16-9-14(22)4-3-13(16)10-25-18-15-11-28(19(29)12-1-2-12)8-5-17(15)26-20(27-18)24-7-6-23/h3-4,9,12H,1-2,5-8,10-11,23H2,(H2,24,25,26,27). The molecule has 0 atom stereocenters. The Hall–Kier alpha value is -2.45. The number of fused-ring (bicyclic) bond motifs is 1. The van der Waals surface area contributed by atoms with E-state index in [2.05, 4.69) is 20.6 Å². The molecule has 1 amide bonds. The first-order chi connectivity index (χ1) is 14.0. The normalized spacial score (nSPS) is 15.8. The first kappa shape index (κ1) is 19.8. The number of carbonyl (C=O) groups excluding carboxylic acids is 1. The van der Waals surface area contributed by atoms with Crippen molar-refractivity contribution in [3.8, 4) is 0 Å². The van der Waals surface area contributed by atoms with Gasteiger partial charge in [-0.3, -0.25) is 4.79 Å². The number of nitrogens with zero attached hydrogens (tertiary/aromatic N) is 3. The number of anilines is 2. The van der Waals surface area contributed by atoms with E-state index >= 15 is 0 Å². The molecule has 0 spiro atoms. The van der Waals surface area contributed by atoms with Crippen LogP contribution in [-0.2, 0) is 24.3 Å². The van der Waals surface area contributed by atoms with Gasteiger partial charge in [-0.15, -0.1) is 0 Å². The Kier molecular flexibility index (Phi) is 5.82. The summed E-state index contributed by atoms with van der Waals surface area (Å²) in [6.07, 6.45) is 2.64. The van der Waals surface area contributed by atoms with Crippen LogP contribution in [-0.4, -0.2) is 40.4 Å². The molecule has 0 bridgehead atoms. The molecular formula is C20H24ClFN6O. The maximum absolute atomic E-state index is 13.3. The molecule has 0 saturated heterocycles. The van der Waals surface area contributed by atoms with Crippen LogP contribution >= 0.6 is 11.6 Å². The topological polar surface area (TPSA) is 96.2 Å². The third-order valence-electron chi connectivity index (χ3n) is 5.19. The van der Waals surface area contributed by atoms with E-state index in [4.69, 9.17) is 17.3 Å². The average molecular weight is 419 g/mol. The molecule has 1 saturated carbocycles. The van der Waals surface area contributed by atoms with Crippen molar-refractivity contribution in [3.05, 3.63) is 45.9 Å². The molecule has 2 aliphatic rings. The summed E-state index contributed by atoms with van der Waals surface area (Å²) >= 11 is 6.15. The Morgan fingerprint density at radius 3 is 2.86 bits per heavy atom. The maximum Gasteiger partial charge on any atom is 0.225 e. The molecule has 1 aromatic heterocycles. The fourth-order valence-corrected chi connectivity index (χ4v) is 3.68. The van der Waals surface area contributed by atoms with Gasteiger partial charge >= 0.3 is 0 Å². The molecule has 1 aliphatic carbocycles. The van der Waals surface area contributed by atoms with Gasteiger partial charge in [-0.1, -0.05) is 17.7 Å². The maximum atomic E-state index is 13.3. The number of hydrogen-bond acceptors (Lipinski definition) is 6. The molecule has 29 heavy (non-hydrogen) atoms. The van der Waals surface area contributed by atoms with Crippen molar-refractivity contribution < 1.29 is 9.18 Å². The van der Waals surface area contributed by atoms with Crippen LogP contribution in [0.2, 0.25) is 5.02 Å². The lowest BCUT2D eigenvalue weighted by Gasteiger charge is -2.30. The van der Waals surface area contributed by atoms with Crippen molar-refractivity contribution >= 4 is 29.3 Å². The van der Waals surface area contributed by atoms with Gasteiger partial charge in [0.05, 0.1) is 12.2 Å². The van der Waals surface area contributed by atoms with Crippen molar-refractivity contribution in [2.45, 2.75) is 32.4 Å². The average Bonchev–Trinajstić information content (AvgIpc) is 3.56. The van der Waals surface area contributed by atoms with Gasteiger partial charge < -0.3 is 21.3 Å². The zero-order chi connectivity index (χ0) is 20.4. The van der Waals surface area contributed by atoms with Gasteiger partial charge in [0.2, 0.25) is 11.9 Å². The fraction of sp³-hybridized carbons (Fsp3) is 0.450. The highest BCUT2D eigenvalue weighted by molar-refractivity contribution is 6.31. The monoisotopic (exact) mass is 418 g/mol. The fourth-order valence-electron chi connectivity index (χ4n) is 3.44. The van der Waals surface area contributed by atoms with E-state index in [1.54, 1.807) is 6.07 Å². The van der Waals surface area contributed by atoms with E-state index in [0.29, 0.717) is 55.9 Å². The third kappa shape index (κ3) is 4.59. The minimum atomic E-state index is -0.374. The first-order valence-corrected chi connectivity index (χ1v) is 10.2. The van der Waals surface area contributed by atoms with Gasteiger partial charge in [0.1, 0.15) is 11.6 Å². The highest BCUT2D eigenvalue weighted by Crippen LogP contribution is 2.34. The minimum Gasteiger partial charge on any atom is -0.365 e. The molecular weight excluding hydrogens is 395 g/mol. The van der Waals surface area contributed by atoms with Crippen molar-refractivity contribution in [2.24, 2.45) is 11.7 Å². The van der Waals surface area contributed by atoms with Gasteiger partial charge in [0.15, 0.2) is 0 Å². The SMILES string of the molecule is NCCNc1nc2c(c(NCc3ccc(F)cc3Cl)n1)CN(C(=O)C1CC1)CC2. The van der Waals surface area contributed by atoms with Gasteiger partial charge in [0, 0.05) is 49.1 Å². The number of hydrogen-bond donors (Lipinski definition) is 3. The highest BCUT2D eigenvalue weighted by atomic mass is 35.5. The molecule has 2 aromatic rings. The van der Waals surface area contributed by atoms with Gasteiger partial charge in [-0.25, -0.2) is 9.37 Å². The summed E-state index contributed by atoms with van der Waals surface area (Å²) < 4.78 is 13.3. The van der Waals surface area contributed by atoms with Crippen LogP contribution in [0.5, 0.6) is 0 Å². The Labute approximate surface area is 173 Å². The number of carbonyl (C=O) groups is 1. The number of nitrogens with two attached hydrogens (primary N) is 1. The lowest BCUT2D eigenvalue weighted by molar-refractivity contribution is -0.133. The quantitative estimate of drug-likeness (QED) is 0.639. The molecule has 1 fully saturated rings. The van der Waals surface area contributed by atoms with Crippen molar-refractivity contribution in [1.29, 1.82) is 0 Å². The summed E-state index contributed by atoms with van der Waals surface area (Å²) in [7, 11) is 0. The summed E-state index contributed by atoms with van der Waals surface area (Å²) in [5, 5.41) is 6.78. The Balaban J connectivity index is 1.58. The summed E-state index contributed by atoms with van der Waals surface area (Å²) in [6.45, 7) is 2.57.